The van der Waals surface area contributed by atoms with Crippen molar-refractivity contribution >= 4 is 5.84 Å². The van der Waals surface area contributed by atoms with E-state index in [1.54, 1.807) is 0 Å². The zero-order valence-electron chi connectivity index (χ0n) is 14.9. The van der Waals surface area contributed by atoms with Gasteiger partial charge in [-0.15, -0.1) is 0 Å². The number of hydrogen-bond acceptors (Lipinski definition) is 2. The van der Waals surface area contributed by atoms with Crippen LogP contribution in [0.1, 0.15) is 20.3 Å². The molecule has 0 saturated carbocycles. The average molecular weight is 318 g/mol. The van der Waals surface area contributed by atoms with E-state index in [-0.39, 0.29) is 0 Å². The summed E-state index contributed by atoms with van der Waals surface area (Å²) in [5, 5.41) is 0. The molecule has 0 N–H and O–H groups in total. The molecule has 1 aliphatic heterocycles. The van der Waals surface area contributed by atoms with Crippen LogP contribution < -0.4 is 0 Å². The Hall–Kier alpha value is -2.61. The normalized spacial score (nSPS) is 18.4. The maximum absolute atomic E-state index is 4.60. The van der Waals surface area contributed by atoms with E-state index in [9.17, 15) is 0 Å². The molecule has 0 bridgehead atoms. The fourth-order valence-corrected chi connectivity index (χ4v) is 2.44. The molecule has 1 aliphatic carbocycles. The van der Waals surface area contributed by atoms with Crippen LogP contribution >= 0.6 is 0 Å². The smallest absolute Gasteiger partial charge is 0.127 e. The average Bonchev–Trinajstić information content (AvgIpc) is 2.94. The summed E-state index contributed by atoms with van der Waals surface area (Å²) in [7, 11) is 2.05. The molecule has 0 fully saturated rings. The van der Waals surface area contributed by atoms with Crippen molar-refractivity contribution in [1.82, 2.24) is 4.90 Å². The van der Waals surface area contributed by atoms with E-state index in [2.05, 4.69) is 85.0 Å². The van der Waals surface area contributed by atoms with E-state index in [4.69, 9.17) is 0 Å². The van der Waals surface area contributed by atoms with Gasteiger partial charge in [0, 0.05) is 12.7 Å². The second kappa shape index (κ2) is 8.88. The minimum absolute atomic E-state index is 0.682. The van der Waals surface area contributed by atoms with E-state index < -0.39 is 0 Å². The van der Waals surface area contributed by atoms with Gasteiger partial charge in [-0.2, -0.15) is 0 Å². The van der Waals surface area contributed by atoms with Crippen LogP contribution in [0.25, 0.3) is 0 Å². The van der Waals surface area contributed by atoms with E-state index in [0.29, 0.717) is 6.54 Å². The van der Waals surface area contributed by atoms with Crippen LogP contribution in [0.3, 0.4) is 0 Å². The van der Waals surface area contributed by atoms with Gasteiger partial charge < -0.3 is 4.90 Å². The molecule has 2 heteroatoms. The molecule has 0 unspecified atom stereocenters. The van der Waals surface area contributed by atoms with Gasteiger partial charge >= 0.3 is 0 Å². The van der Waals surface area contributed by atoms with Crippen molar-refractivity contribution in [1.29, 1.82) is 0 Å². The second-order valence-electron chi connectivity index (χ2n) is 5.87. The SMILES string of the molecule is C=CC1=CCN=C(N(C)/C(C)=C/C=C\C2=C(C)C=CC=CC2)C=C1. The first-order valence-electron chi connectivity index (χ1n) is 8.28. The van der Waals surface area contributed by atoms with Crippen LogP contribution in [-0.2, 0) is 0 Å². The fraction of sp³-hybridized carbons (Fsp3) is 0.227. The van der Waals surface area contributed by atoms with Crippen LogP contribution in [0.5, 0.6) is 0 Å². The first-order chi connectivity index (χ1) is 11.6. The quantitative estimate of drug-likeness (QED) is 0.643. The maximum atomic E-state index is 4.60. The Morgan fingerprint density at radius 1 is 1.25 bits per heavy atom. The highest BCUT2D eigenvalue weighted by molar-refractivity contribution is 5.94. The molecule has 0 saturated heterocycles. The topological polar surface area (TPSA) is 15.6 Å². The van der Waals surface area contributed by atoms with Gasteiger partial charge in [0.2, 0.25) is 0 Å². The molecule has 0 aromatic rings. The molecule has 0 amide bonds. The lowest BCUT2D eigenvalue weighted by Gasteiger charge is -2.19. The fourth-order valence-electron chi connectivity index (χ4n) is 2.44. The highest BCUT2D eigenvalue weighted by Crippen LogP contribution is 2.16. The monoisotopic (exact) mass is 318 g/mol. The van der Waals surface area contributed by atoms with Gasteiger partial charge in [0.1, 0.15) is 5.84 Å². The third-order valence-electron chi connectivity index (χ3n) is 4.19. The molecule has 24 heavy (non-hydrogen) atoms. The lowest BCUT2D eigenvalue weighted by molar-refractivity contribution is 0.628. The first-order valence-corrected chi connectivity index (χ1v) is 8.28. The number of likely N-dealkylation sites (N-methyl/N-ethyl adjacent to an activating group) is 1. The lowest BCUT2D eigenvalue weighted by Crippen LogP contribution is -2.23. The minimum atomic E-state index is 0.682. The Kier molecular flexibility index (Phi) is 6.56. The van der Waals surface area contributed by atoms with Crippen molar-refractivity contribution in [3.05, 3.63) is 95.8 Å². The van der Waals surface area contributed by atoms with Crippen LogP contribution in [0.4, 0.5) is 0 Å². The predicted octanol–water partition coefficient (Wildman–Crippen LogP) is 5.29. The zero-order valence-corrected chi connectivity index (χ0v) is 14.9. The third-order valence-corrected chi connectivity index (χ3v) is 4.19. The minimum Gasteiger partial charge on any atom is -0.334 e. The number of amidine groups is 1. The number of allylic oxidation sites excluding steroid dienone is 13. The van der Waals surface area contributed by atoms with Crippen molar-refractivity contribution in [2.24, 2.45) is 4.99 Å². The lowest BCUT2D eigenvalue weighted by atomic mass is 10.1. The molecule has 2 rings (SSSR count). The van der Waals surface area contributed by atoms with Crippen molar-refractivity contribution in [3.63, 3.8) is 0 Å². The summed E-state index contributed by atoms with van der Waals surface area (Å²) in [5.74, 6) is 0.959. The summed E-state index contributed by atoms with van der Waals surface area (Å²) in [5.41, 5.74) is 4.92. The summed E-state index contributed by atoms with van der Waals surface area (Å²) in [4.78, 5) is 6.71. The molecule has 0 spiro atoms. The summed E-state index contributed by atoms with van der Waals surface area (Å²) in [6.45, 7) is 8.75. The third kappa shape index (κ3) is 4.95. The van der Waals surface area contributed by atoms with Crippen molar-refractivity contribution < 1.29 is 0 Å². The van der Waals surface area contributed by atoms with Gasteiger partial charge in [-0.1, -0.05) is 61.3 Å². The van der Waals surface area contributed by atoms with Gasteiger partial charge in [-0.05, 0) is 49.1 Å². The van der Waals surface area contributed by atoms with Crippen LogP contribution in [0.2, 0.25) is 0 Å². The standard InChI is InChI=1S/C22H26N2/c1-5-20-14-15-22(23-17-16-20)24(4)19(3)11-9-13-21-12-8-6-7-10-18(21)2/h5-11,13-16H,1,12,17H2,2-4H3/b13-9-,19-11+. The number of hydrogen-bond donors (Lipinski definition) is 0. The number of aliphatic imine (C=N–C) groups is 1. The highest BCUT2D eigenvalue weighted by atomic mass is 15.2. The molecule has 124 valence electrons. The highest BCUT2D eigenvalue weighted by Gasteiger charge is 2.06. The van der Waals surface area contributed by atoms with Gasteiger partial charge in [0.15, 0.2) is 0 Å². The van der Waals surface area contributed by atoms with Gasteiger partial charge in [-0.3, -0.25) is 4.99 Å². The summed E-state index contributed by atoms with van der Waals surface area (Å²) in [6, 6.07) is 0. The molecule has 2 aliphatic rings. The molecule has 2 nitrogen and oxygen atoms in total. The summed E-state index contributed by atoms with van der Waals surface area (Å²) in [6.07, 6.45) is 24.0. The summed E-state index contributed by atoms with van der Waals surface area (Å²) >= 11 is 0. The van der Waals surface area contributed by atoms with Crippen molar-refractivity contribution in [2.75, 3.05) is 13.6 Å². The molecule has 0 aromatic carbocycles. The Morgan fingerprint density at radius 2 is 2.08 bits per heavy atom. The van der Waals surface area contributed by atoms with E-state index in [1.807, 2.05) is 19.2 Å². The van der Waals surface area contributed by atoms with Gasteiger partial charge in [0.05, 0.1) is 6.54 Å². The van der Waals surface area contributed by atoms with E-state index in [1.165, 1.54) is 11.1 Å². The number of nitrogens with zero attached hydrogens (tertiary/aromatic N) is 2. The largest absolute Gasteiger partial charge is 0.334 e. The molecular weight excluding hydrogens is 292 g/mol. The Balaban J connectivity index is 2.07. The van der Waals surface area contributed by atoms with Crippen molar-refractivity contribution in [3.8, 4) is 0 Å². The van der Waals surface area contributed by atoms with Crippen LogP contribution in [-0.4, -0.2) is 24.3 Å². The van der Waals surface area contributed by atoms with Crippen LogP contribution in [0, 0.1) is 0 Å². The van der Waals surface area contributed by atoms with E-state index in [0.717, 1.165) is 23.5 Å². The Labute approximate surface area is 146 Å². The first kappa shape index (κ1) is 17.7. The maximum Gasteiger partial charge on any atom is 0.127 e. The van der Waals surface area contributed by atoms with Crippen LogP contribution in [0.15, 0.2) is 101 Å². The second-order valence-corrected chi connectivity index (χ2v) is 5.87. The van der Waals surface area contributed by atoms with E-state index >= 15 is 0 Å². The molecule has 0 aromatic heterocycles. The van der Waals surface area contributed by atoms with Gasteiger partial charge in [-0.25, -0.2) is 0 Å². The zero-order chi connectivity index (χ0) is 17.4. The summed E-state index contributed by atoms with van der Waals surface area (Å²) < 4.78 is 0. The van der Waals surface area contributed by atoms with Crippen molar-refractivity contribution in [2.45, 2.75) is 20.3 Å². The Morgan fingerprint density at radius 3 is 2.88 bits per heavy atom. The molecule has 0 atom stereocenters. The van der Waals surface area contributed by atoms with Gasteiger partial charge in [0.25, 0.3) is 0 Å². The number of rotatable bonds is 4. The predicted molar refractivity (Wildman–Crippen MR) is 106 cm³/mol. The molecular formula is C22H26N2. The molecule has 0 radical (unpaired) electrons. The Bertz CT molecular complexity index is 719. The molecule has 1 heterocycles.